The second-order valence-corrected chi connectivity index (χ2v) is 6.55. The lowest BCUT2D eigenvalue weighted by Crippen LogP contribution is -3.12. The molecule has 2 atom stereocenters. The summed E-state index contributed by atoms with van der Waals surface area (Å²) in [5.41, 5.74) is 2.21. The van der Waals surface area contributed by atoms with Crippen molar-refractivity contribution in [2.45, 2.75) is 26.1 Å². The van der Waals surface area contributed by atoms with Gasteiger partial charge in [0.05, 0.1) is 14.2 Å². The number of likely N-dealkylation sites (N-methyl/N-ethyl adjacent to an activating group) is 1. The summed E-state index contributed by atoms with van der Waals surface area (Å²) in [4.78, 5) is 13.6. The maximum atomic E-state index is 12.5. The Balaban J connectivity index is 1.82. The van der Waals surface area contributed by atoms with E-state index < -0.39 is 0 Å². The maximum absolute atomic E-state index is 12.5. The zero-order valence-electron chi connectivity index (χ0n) is 16.3. The predicted octanol–water partition coefficient (Wildman–Crippen LogP) is 1.98. The minimum absolute atomic E-state index is 0.0363. The van der Waals surface area contributed by atoms with Crippen LogP contribution in [0.1, 0.15) is 18.1 Å². The van der Waals surface area contributed by atoms with Crippen molar-refractivity contribution in [3.8, 4) is 11.5 Å². The molecular formula is C22H29N2O3+. The number of amides is 1. The number of hydrogen-bond donors (Lipinski definition) is 2. The average Bonchev–Trinajstić information content (AvgIpc) is 2.71. The van der Waals surface area contributed by atoms with Gasteiger partial charge >= 0.3 is 0 Å². The summed E-state index contributed by atoms with van der Waals surface area (Å²) >= 11 is 0. The van der Waals surface area contributed by atoms with E-state index in [1.54, 1.807) is 13.2 Å². The van der Waals surface area contributed by atoms with Crippen LogP contribution in [0.15, 0.2) is 61.2 Å². The van der Waals surface area contributed by atoms with Crippen molar-refractivity contribution in [2.75, 3.05) is 20.8 Å². The van der Waals surface area contributed by atoms with Gasteiger partial charge in [-0.3, -0.25) is 4.79 Å². The molecule has 2 rings (SSSR count). The third kappa shape index (κ3) is 6.46. The highest BCUT2D eigenvalue weighted by Crippen LogP contribution is 2.12. The molecule has 0 aliphatic rings. The van der Waals surface area contributed by atoms with Crippen molar-refractivity contribution in [1.82, 2.24) is 5.32 Å². The number of nitrogens with one attached hydrogen (secondary N) is 2. The van der Waals surface area contributed by atoms with E-state index in [1.165, 1.54) is 0 Å². The van der Waals surface area contributed by atoms with Crippen LogP contribution in [0, 0.1) is 0 Å². The molecule has 144 valence electrons. The van der Waals surface area contributed by atoms with E-state index in [9.17, 15) is 4.79 Å². The van der Waals surface area contributed by atoms with E-state index in [2.05, 4.69) is 11.9 Å². The first kappa shape index (κ1) is 20.5. The fourth-order valence-electron chi connectivity index (χ4n) is 2.64. The molecule has 5 heteroatoms. The Bertz CT molecular complexity index is 726. The number of carbonyl (C=O) groups excluding carboxylic acids is 1. The minimum atomic E-state index is -0.153. The van der Waals surface area contributed by atoms with Gasteiger partial charge in [-0.05, 0) is 48.9 Å². The Hall–Kier alpha value is -2.79. The van der Waals surface area contributed by atoms with Crippen LogP contribution in [0.5, 0.6) is 11.5 Å². The van der Waals surface area contributed by atoms with E-state index in [1.807, 2.05) is 62.5 Å². The van der Waals surface area contributed by atoms with Crippen molar-refractivity contribution in [1.29, 1.82) is 0 Å². The Labute approximate surface area is 161 Å². The van der Waals surface area contributed by atoms with E-state index >= 15 is 0 Å². The number of carbonyl (C=O) groups is 1. The molecule has 0 aliphatic carbocycles. The Morgan fingerprint density at radius 2 is 1.70 bits per heavy atom. The van der Waals surface area contributed by atoms with Crippen molar-refractivity contribution in [3.63, 3.8) is 0 Å². The summed E-state index contributed by atoms with van der Waals surface area (Å²) in [5.74, 6) is 1.67. The summed E-state index contributed by atoms with van der Waals surface area (Å²) in [6, 6.07) is 15.5. The van der Waals surface area contributed by atoms with Crippen LogP contribution >= 0.6 is 0 Å². The number of methoxy groups -OCH3 is 1. The van der Waals surface area contributed by atoms with Crippen LogP contribution in [-0.2, 0) is 17.9 Å². The topological polar surface area (TPSA) is 52.0 Å². The monoisotopic (exact) mass is 369 g/mol. The first-order valence-electron chi connectivity index (χ1n) is 9.09. The molecule has 0 bridgehead atoms. The Kier molecular flexibility index (Phi) is 7.89. The molecule has 0 saturated heterocycles. The molecule has 2 aromatic carbocycles. The van der Waals surface area contributed by atoms with Gasteiger partial charge in [0.25, 0.3) is 5.91 Å². The van der Waals surface area contributed by atoms with Crippen LogP contribution in [0.3, 0.4) is 0 Å². The van der Waals surface area contributed by atoms with Gasteiger partial charge in [-0.1, -0.05) is 24.8 Å². The van der Waals surface area contributed by atoms with Gasteiger partial charge in [0.15, 0.2) is 6.04 Å². The van der Waals surface area contributed by atoms with Gasteiger partial charge in [-0.15, -0.1) is 0 Å². The molecule has 0 aliphatic heterocycles. The molecule has 0 heterocycles. The highest BCUT2D eigenvalue weighted by Gasteiger charge is 2.21. The zero-order chi connectivity index (χ0) is 19.6. The second-order valence-electron chi connectivity index (χ2n) is 6.55. The fourth-order valence-corrected chi connectivity index (χ4v) is 2.64. The van der Waals surface area contributed by atoms with Gasteiger partial charge in [0, 0.05) is 12.1 Å². The largest absolute Gasteiger partial charge is 0.497 e. The van der Waals surface area contributed by atoms with Crippen LogP contribution in [0.25, 0.3) is 0 Å². The SMILES string of the molecule is C=CCOc1ccc(C[NH+](C)[C@@H](C)C(=O)NCc2ccc(OC)cc2)cc1. The average molecular weight is 369 g/mol. The number of hydrogen-bond acceptors (Lipinski definition) is 3. The first-order chi connectivity index (χ1) is 13.0. The Morgan fingerprint density at radius 1 is 1.11 bits per heavy atom. The standard InChI is InChI=1S/C22H28N2O3/c1-5-14-27-21-12-8-19(9-13-21)16-24(3)17(2)22(25)23-15-18-6-10-20(26-4)11-7-18/h5-13,17H,1,14-16H2,2-4H3,(H,23,25)/p+1/t17-/m0/s1. The molecule has 2 N–H and O–H groups in total. The van der Waals surface area contributed by atoms with Crippen molar-refractivity contribution < 1.29 is 19.2 Å². The molecule has 0 radical (unpaired) electrons. The number of ether oxygens (including phenoxy) is 2. The summed E-state index contributed by atoms with van der Waals surface area (Å²) in [6.07, 6.45) is 1.72. The number of rotatable bonds is 10. The second kappa shape index (κ2) is 10.4. The lowest BCUT2D eigenvalue weighted by Gasteiger charge is -2.21. The fraction of sp³-hybridized carbons (Fsp3) is 0.318. The molecule has 2 aromatic rings. The molecule has 1 unspecified atom stereocenters. The van der Waals surface area contributed by atoms with Gasteiger partial charge < -0.3 is 19.7 Å². The van der Waals surface area contributed by atoms with E-state index in [4.69, 9.17) is 9.47 Å². The zero-order valence-corrected chi connectivity index (χ0v) is 16.3. The minimum Gasteiger partial charge on any atom is -0.497 e. The van der Waals surface area contributed by atoms with Crippen LogP contribution in [0.2, 0.25) is 0 Å². The van der Waals surface area contributed by atoms with E-state index in [-0.39, 0.29) is 11.9 Å². The molecular weight excluding hydrogens is 340 g/mol. The van der Waals surface area contributed by atoms with Gasteiger partial charge in [-0.25, -0.2) is 0 Å². The van der Waals surface area contributed by atoms with Gasteiger partial charge in [-0.2, -0.15) is 0 Å². The summed E-state index contributed by atoms with van der Waals surface area (Å²) in [7, 11) is 3.67. The smallest absolute Gasteiger partial charge is 0.278 e. The highest BCUT2D eigenvalue weighted by molar-refractivity contribution is 5.79. The third-order valence-electron chi connectivity index (χ3n) is 4.53. The lowest BCUT2D eigenvalue weighted by atomic mass is 10.1. The highest BCUT2D eigenvalue weighted by atomic mass is 16.5. The Morgan fingerprint density at radius 3 is 2.30 bits per heavy atom. The van der Waals surface area contributed by atoms with E-state index in [0.29, 0.717) is 13.2 Å². The molecule has 5 nitrogen and oxygen atoms in total. The quantitative estimate of drug-likeness (QED) is 0.630. The normalized spacial score (nSPS) is 12.7. The lowest BCUT2D eigenvalue weighted by molar-refractivity contribution is -0.908. The molecule has 0 spiro atoms. The molecule has 0 fully saturated rings. The summed E-state index contributed by atoms with van der Waals surface area (Å²) < 4.78 is 10.6. The van der Waals surface area contributed by atoms with Crippen LogP contribution in [0.4, 0.5) is 0 Å². The third-order valence-corrected chi connectivity index (χ3v) is 4.53. The first-order valence-corrected chi connectivity index (χ1v) is 9.09. The number of benzene rings is 2. The molecule has 0 aromatic heterocycles. The maximum Gasteiger partial charge on any atom is 0.278 e. The van der Waals surface area contributed by atoms with Gasteiger partial charge in [0.2, 0.25) is 0 Å². The summed E-state index contributed by atoms with van der Waals surface area (Å²) in [6.45, 7) is 7.35. The molecule has 1 amide bonds. The van der Waals surface area contributed by atoms with Crippen molar-refractivity contribution >= 4 is 5.91 Å². The number of quaternary nitrogens is 1. The van der Waals surface area contributed by atoms with Crippen LogP contribution < -0.4 is 19.7 Å². The van der Waals surface area contributed by atoms with Crippen molar-refractivity contribution in [2.24, 2.45) is 0 Å². The molecule has 27 heavy (non-hydrogen) atoms. The van der Waals surface area contributed by atoms with E-state index in [0.717, 1.165) is 34.1 Å². The van der Waals surface area contributed by atoms with Crippen molar-refractivity contribution in [3.05, 3.63) is 72.3 Å². The molecule has 0 saturated carbocycles. The summed E-state index contributed by atoms with van der Waals surface area (Å²) in [5, 5.41) is 3.01. The van der Waals surface area contributed by atoms with Crippen LogP contribution in [-0.4, -0.2) is 32.7 Å². The predicted molar refractivity (Wildman–Crippen MR) is 107 cm³/mol. The van der Waals surface area contributed by atoms with Gasteiger partial charge in [0.1, 0.15) is 24.7 Å².